The summed E-state index contributed by atoms with van der Waals surface area (Å²) in [4.78, 5) is 4.33. The van der Waals surface area contributed by atoms with Crippen molar-refractivity contribution in [3.8, 4) is 11.5 Å². The van der Waals surface area contributed by atoms with E-state index in [0.29, 0.717) is 22.7 Å². The third-order valence-electron chi connectivity index (χ3n) is 3.03. The first-order valence-corrected chi connectivity index (χ1v) is 6.87. The fourth-order valence-corrected chi connectivity index (χ4v) is 2.56. The third kappa shape index (κ3) is 2.30. The Balaban J connectivity index is 1.92. The molecule has 0 radical (unpaired) electrons. The van der Waals surface area contributed by atoms with E-state index in [9.17, 15) is 0 Å². The average molecular weight is 329 g/mol. The minimum Gasteiger partial charge on any atom is -0.334 e. The van der Waals surface area contributed by atoms with Gasteiger partial charge in [0.05, 0.1) is 16.6 Å². The van der Waals surface area contributed by atoms with Crippen LogP contribution in [0.5, 0.6) is 0 Å². The van der Waals surface area contributed by atoms with Crippen LogP contribution in [0.1, 0.15) is 24.7 Å². The lowest BCUT2D eigenvalue weighted by Crippen LogP contribution is -2.13. The summed E-state index contributed by atoms with van der Waals surface area (Å²) in [5, 5.41) is 4.50. The Morgan fingerprint density at radius 2 is 2.22 bits per heavy atom. The van der Waals surface area contributed by atoms with E-state index in [1.54, 1.807) is 6.07 Å². The molecule has 4 nitrogen and oxygen atoms in total. The van der Waals surface area contributed by atoms with Gasteiger partial charge in [-0.3, -0.25) is 0 Å². The number of benzene rings is 1. The molecular weight excluding hydrogens is 318 g/mol. The van der Waals surface area contributed by atoms with Crippen LogP contribution in [0.4, 0.5) is 0 Å². The van der Waals surface area contributed by atoms with Crippen molar-refractivity contribution in [3.05, 3.63) is 33.5 Å². The molecule has 0 aliphatic heterocycles. The second kappa shape index (κ2) is 4.64. The number of hydrogen-bond acceptors (Lipinski definition) is 4. The van der Waals surface area contributed by atoms with Crippen LogP contribution >= 0.6 is 27.5 Å². The highest BCUT2D eigenvalue weighted by atomic mass is 79.9. The Morgan fingerprint density at radius 3 is 2.89 bits per heavy atom. The molecule has 94 valence electrons. The molecule has 1 aromatic heterocycles. The van der Waals surface area contributed by atoms with Gasteiger partial charge in [0.25, 0.3) is 5.89 Å². The van der Waals surface area contributed by atoms with Crippen LogP contribution in [0.25, 0.3) is 11.5 Å². The molecule has 2 aromatic rings. The second-order valence-corrected chi connectivity index (χ2v) is 5.77. The minimum atomic E-state index is -0.128. The van der Waals surface area contributed by atoms with Crippen molar-refractivity contribution < 1.29 is 4.52 Å². The lowest BCUT2D eigenvalue weighted by Gasteiger charge is -2.02. The van der Waals surface area contributed by atoms with Gasteiger partial charge < -0.3 is 10.3 Å². The number of hydrogen-bond donors (Lipinski definition) is 1. The van der Waals surface area contributed by atoms with E-state index < -0.39 is 0 Å². The first kappa shape index (κ1) is 12.1. The molecule has 0 amide bonds. The Hall–Kier alpha value is -0.910. The zero-order valence-corrected chi connectivity index (χ0v) is 11.8. The molecule has 18 heavy (non-hydrogen) atoms. The van der Waals surface area contributed by atoms with Gasteiger partial charge in [0, 0.05) is 4.47 Å². The van der Waals surface area contributed by atoms with Gasteiger partial charge in [-0.25, -0.2) is 0 Å². The molecule has 1 fully saturated rings. The monoisotopic (exact) mass is 327 g/mol. The summed E-state index contributed by atoms with van der Waals surface area (Å²) in [5.41, 5.74) is 6.75. The Morgan fingerprint density at radius 1 is 1.44 bits per heavy atom. The Bertz CT molecular complexity index is 582. The summed E-state index contributed by atoms with van der Waals surface area (Å²) in [7, 11) is 0. The van der Waals surface area contributed by atoms with E-state index >= 15 is 0 Å². The summed E-state index contributed by atoms with van der Waals surface area (Å²) < 4.78 is 6.14. The van der Waals surface area contributed by atoms with Crippen molar-refractivity contribution >= 4 is 27.5 Å². The highest BCUT2D eigenvalue weighted by Gasteiger charge is 2.32. The molecule has 1 atom stereocenters. The quantitative estimate of drug-likeness (QED) is 0.935. The van der Waals surface area contributed by atoms with Crippen LogP contribution in [0, 0.1) is 5.92 Å². The maximum absolute atomic E-state index is 6.14. The zero-order valence-electron chi connectivity index (χ0n) is 9.44. The van der Waals surface area contributed by atoms with Crippen LogP contribution in [0.3, 0.4) is 0 Å². The van der Waals surface area contributed by atoms with E-state index in [1.807, 2.05) is 12.1 Å². The van der Waals surface area contributed by atoms with Gasteiger partial charge in [0.15, 0.2) is 5.82 Å². The van der Waals surface area contributed by atoms with Crippen molar-refractivity contribution in [2.75, 3.05) is 0 Å². The molecular formula is C12H11BrClN3O. The molecule has 2 N–H and O–H groups in total. The predicted molar refractivity (Wildman–Crippen MR) is 72.1 cm³/mol. The maximum Gasteiger partial charge on any atom is 0.259 e. The number of nitrogens with zero attached hydrogens (tertiary/aromatic N) is 2. The van der Waals surface area contributed by atoms with Crippen LogP contribution in [0.2, 0.25) is 5.02 Å². The number of aromatic nitrogens is 2. The molecule has 1 aliphatic rings. The molecule has 1 saturated carbocycles. The van der Waals surface area contributed by atoms with Crippen molar-refractivity contribution in [3.63, 3.8) is 0 Å². The molecule has 6 heteroatoms. The first-order chi connectivity index (χ1) is 8.65. The SMILES string of the molecule is NC(c1noc(-c2ccc(Br)cc2Cl)n1)C1CC1. The van der Waals surface area contributed by atoms with E-state index in [0.717, 1.165) is 22.9 Å². The third-order valence-corrected chi connectivity index (χ3v) is 3.84. The molecule has 3 rings (SSSR count). The lowest BCUT2D eigenvalue weighted by molar-refractivity contribution is 0.411. The fourth-order valence-electron chi connectivity index (χ4n) is 1.81. The largest absolute Gasteiger partial charge is 0.334 e. The van der Waals surface area contributed by atoms with Gasteiger partial charge in [-0.1, -0.05) is 32.7 Å². The highest BCUT2D eigenvalue weighted by Crippen LogP contribution is 2.39. The molecule has 0 spiro atoms. The normalized spacial score (nSPS) is 16.8. The fraction of sp³-hybridized carbons (Fsp3) is 0.333. The standard InChI is InChI=1S/C12H11BrClN3O/c13-7-3-4-8(9(14)5-7)12-16-11(17-18-12)10(15)6-1-2-6/h3-6,10H,1-2,15H2. The van der Waals surface area contributed by atoms with Gasteiger partial charge in [0.1, 0.15) is 0 Å². The molecule has 1 aliphatic carbocycles. The van der Waals surface area contributed by atoms with Crippen LogP contribution in [-0.4, -0.2) is 10.1 Å². The smallest absolute Gasteiger partial charge is 0.259 e. The van der Waals surface area contributed by atoms with Crippen LogP contribution < -0.4 is 5.73 Å². The van der Waals surface area contributed by atoms with Gasteiger partial charge >= 0.3 is 0 Å². The Labute approximate surface area is 118 Å². The molecule has 1 heterocycles. The van der Waals surface area contributed by atoms with Crippen molar-refractivity contribution in [2.24, 2.45) is 11.7 Å². The van der Waals surface area contributed by atoms with Crippen LogP contribution in [0.15, 0.2) is 27.2 Å². The average Bonchev–Trinajstić information content (AvgIpc) is 3.07. The van der Waals surface area contributed by atoms with E-state index in [-0.39, 0.29) is 6.04 Å². The number of nitrogens with two attached hydrogens (primary N) is 1. The van der Waals surface area contributed by atoms with Crippen LogP contribution in [-0.2, 0) is 0 Å². The second-order valence-electron chi connectivity index (χ2n) is 4.45. The van der Waals surface area contributed by atoms with Gasteiger partial charge in [-0.05, 0) is 37.0 Å². The summed E-state index contributed by atoms with van der Waals surface area (Å²) in [6.07, 6.45) is 2.29. The maximum atomic E-state index is 6.14. The van der Waals surface area contributed by atoms with Crippen molar-refractivity contribution in [1.82, 2.24) is 10.1 Å². The number of halogens is 2. The topological polar surface area (TPSA) is 64.9 Å². The van der Waals surface area contributed by atoms with E-state index in [4.69, 9.17) is 21.9 Å². The number of rotatable bonds is 3. The molecule has 1 unspecified atom stereocenters. The molecule has 0 bridgehead atoms. The predicted octanol–water partition coefficient (Wildman–Crippen LogP) is 3.56. The molecule has 1 aromatic carbocycles. The Kier molecular flexibility index (Phi) is 3.13. The summed E-state index contributed by atoms with van der Waals surface area (Å²) in [6, 6.07) is 5.39. The molecule has 0 saturated heterocycles. The van der Waals surface area contributed by atoms with E-state index in [2.05, 4.69) is 26.1 Å². The summed E-state index contributed by atoms with van der Waals surface area (Å²) >= 11 is 9.49. The van der Waals surface area contributed by atoms with E-state index in [1.165, 1.54) is 0 Å². The minimum absolute atomic E-state index is 0.128. The lowest BCUT2D eigenvalue weighted by atomic mass is 10.2. The van der Waals surface area contributed by atoms with Crippen molar-refractivity contribution in [2.45, 2.75) is 18.9 Å². The highest BCUT2D eigenvalue weighted by molar-refractivity contribution is 9.10. The van der Waals surface area contributed by atoms with Gasteiger partial charge in [-0.15, -0.1) is 0 Å². The van der Waals surface area contributed by atoms with Gasteiger partial charge in [-0.2, -0.15) is 4.98 Å². The van der Waals surface area contributed by atoms with Crippen molar-refractivity contribution in [1.29, 1.82) is 0 Å². The summed E-state index contributed by atoms with van der Waals surface area (Å²) in [5.74, 6) is 1.47. The zero-order chi connectivity index (χ0) is 12.7. The van der Waals surface area contributed by atoms with Gasteiger partial charge in [0.2, 0.25) is 0 Å². The first-order valence-electron chi connectivity index (χ1n) is 5.70. The summed E-state index contributed by atoms with van der Waals surface area (Å²) in [6.45, 7) is 0.